The van der Waals surface area contributed by atoms with Gasteiger partial charge < -0.3 is 9.80 Å². The number of benzene rings is 2. The van der Waals surface area contributed by atoms with Crippen molar-refractivity contribution in [3.63, 3.8) is 0 Å². The van der Waals surface area contributed by atoms with E-state index in [1.807, 2.05) is 0 Å². The highest BCUT2D eigenvalue weighted by atomic mass is 33.1. The maximum atomic E-state index is 5.89. The number of hydrogen-bond acceptors (Lipinski definition) is 6. The van der Waals surface area contributed by atoms with Crippen LogP contribution in [-0.4, -0.2) is 43.6 Å². The highest BCUT2D eigenvalue weighted by molar-refractivity contribution is 8.84. The summed E-state index contributed by atoms with van der Waals surface area (Å²) < 4.78 is 2.09. The smallest absolute Gasteiger partial charge is 0.147 e. The first-order valence-electron chi connectivity index (χ1n) is 15.1. The first-order chi connectivity index (χ1) is 19.6. The van der Waals surface area contributed by atoms with Gasteiger partial charge in [-0.2, -0.15) is 0 Å². The van der Waals surface area contributed by atoms with Gasteiger partial charge in [0.25, 0.3) is 0 Å². The van der Waals surface area contributed by atoms with E-state index in [0.29, 0.717) is 12.1 Å². The molecular weight excluding hydrogens is 605 g/mol. The van der Waals surface area contributed by atoms with Crippen molar-refractivity contribution in [1.29, 1.82) is 0 Å². The molecule has 0 spiro atoms. The molecule has 0 atom stereocenters. The van der Waals surface area contributed by atoms with E-state index in [9.17, 15) is 0 Å². The first kappa shape index (κ1) is 32.5. The molecule has 0 heterocycles. The van der Waals surface area contributed by atoms with Crippen LogP contribution in [0.5, 0.6) is 0 Å². The number of thiocarbonyl (C=S) groups is 2. The van der Waals surface area contributed by atoms with Crippen LogP contribution in [-0.2, 0) is 0 Å². The summed E-state index contributed by atoms with van der Waals surface area (Å²) in [5.41, 5.74) is 2.50. The van der Waals surface area contributed by atoms with E-state index in [0.717, 1.165) is 34.6 Å². The van der Waals surface area contributed by atoms with Crippen molar-refractivity contribution >= 4 is 76.3 Å². The monoisotopic (exact) mass is 648 g/mol. The van der Waals surface area contributed by atoms with Crippen LogP contribution in [0.15, 0.2) is 58.3 Å². The first-order valence-corrected chi connectivity index (χ1v) is 20.2. The van der Waals surface area contributed by atoms with E-state index in [-0.39, 0.29) is 0 Å². The van der Waals surface area contributed by atoms with Crippen LogP contribution in [0.2, 0.25) is 0 Å². The Kier molecular flexibility index (Phi) is 14.4. The summed E-state index contributed by atoms with van der Waals surface area (Å²) in [6.07, 6.45) is 15.6. The van der Waals surface area contributed by atoms with Crippen molar-refractivity contribution in [1.82, 2.24) is 9.80 Å². The molecule has 0 bridgehead atoms. The SMILES string of the molecule is CCCN(C(=S)SSc1ccc(-c2ccc(SSC(=S)N(CCC)C3CCCCC3)cc2)cc1)C1CCCCC1. The van der Waals surface area contributed by atoms with E-state index in [1.165, 1.54) is 85.1 Å². The van der Waals surface area contributed by atoms with E-state index in [2.05, 4.69) is 72.2 Å². The zero-order valence-corrected chi connectivity index (χ0v) is 28.9. The van der Waals surface area contributed by atoms with Crippen LogP contribution >= 0.6 is 67.6 Å². The zero-order valence-electron chi connectivity index (χ0n) is 24.0. The number of rotatable bonds is 11. The molecule has 0 aliphatic heterocycles. The largest absolute Gasteiger partial charge is 0.354 e. The average molecular weight is 649 g/mol. The molecule has 40 heavy (non-hydrogen) atoms. The van der Waals surface area contributed by atoms with Crippen LogP contribution in [0.4, 0.5) is 0 Å². The van der Waals surface area contributed by atoms with Gasteiger partial charge in [0, 0.05) is 35.0 Å². The maximum Gasteiger partial charge on any atom is 0.147 e. The number of nitrogens with zero attached hydrogens (tertiary/aromatic N) is 2. The topological polar surface area (TPSA) is 6.48 Å². The van der Waals surface area contributed by atoms with Gasteiger partial charge in [-0.05, 0) is 95.5 Å². The fourth-order valence-corrected chi connectivity index (χ4v) is 10.6. The van der Waals surface area contributed by atoms with Gasteiger partial charge in [0.05, 0.1) is 0 Å². The molecule has 8 heteroatoms. The zero-order chi connectivity index (χ0) is 28.2. The summed E-state index contributed by atoms with van der Waals surface area (Å²) in [6.45, 7) is 6.67. The van der Waals surface area contributed by atoms with Gasteiger partial charge in [0.1, 0.15) is 8.64 Å². The molecule has 2 aliphatic rings. The average Bonchev–Trinajstić information content (AvgIpc) is 3.01. The normalized spacial score (nSPS) is 16.6. The molecule has 0 amide bonds. The van der Waals surface area contributed by atoms with Gasteiger partial charge in [-0.25, -0.2) is 0 Å². The predicted octanol–water partition coefficient (Wildman–Crippen LogP) is 11.5. The highest BCUT2D eigenvalue weighted by Crippen LogP contribution is 2.38. The summed E-state index contributed by atoms with van der Waals surface area (Å²) in [5, 5.41) is 0. The minimum Gasteiger partial charge on any atom is -0.354 e. The van der Waals surface area contributed by atoms with Crippen LogP contribution < -0.4 is 0 Å². The lowest BCUT2D eigenvalue weighted by Gasteiger charge is -2.35. The minimum atomic E-state index is 0.638. The Morgan fingerprint density at radius 2 is 0.950 bits per heavy atom. The van der Waals surface area contributed by atoms with E-state index in [4.69, 9.17) is 24.4 Å². The Hall–Kier alpha value is -0.380. The molecule has 0 N–H and O–H groups in total. The fourth-order valence-electron chi connectivity index (χ4n) is 5.78. The number of hydrogen-bond donors (Lipinski definition) is 0. The predicted molar refractivity (Wildman–Crippen MR) is 192 cm³/mol. The Labute approximate surface area is 269 Å². The highest BCUT2D eigenvalue weighted by Gasteiger charge is 2.24. The van der Waals surface area contributed by atoms with Crippen molar-refractivity contribution in [3.8, 4) is 11.1 Å². The van der Waals surface area contributed by atoms with Crippen molar-refractivity contribution in [3.05, 3.63) is 48.5 Å². The standard InChI is InChI=1S/C32H44N2S6/c1-3-23-33(27-11-7-5-8-12-27)31(35)39-37-29-19-15-25(16-20-29)26-17-21-30(22-18-26)38-40-32(36)34(24-4-2)28-13-9-6-10-14-28/h15-22,27-28H,3-14,23-24H2,1-2H3. The van der Waals surface area contributed by atoms with Crippen molar-refractivity contribution in [2.75, 3.05) is 13.1 Å². The molecule has 2 aliphatic carbocycles. The Bertz CT molecular complexity index is 961. The van der Waals surface area contributed by atoms with Crippen LogP contribution in [0.25, 0.3) is 11.1 Å². The summed E-state index contributed by atoms with van der Waals surface area (Å²) in [7, 11) is 7.08. The molecular formula is C32H44N2S6. The van der Waals surface area contributed by atoms with Gasteiger partial charge in [0.2, 0.25) is 0 Å². The molecule has 4 rings (SSSR count). The second-order valence-electron chi connectivity index (χ2n) is 10.9. The van der Waals surface area contributed by atoms with E-state index in [1.54, 1.807) is 43.2 Å². The summed E-state index contributed by atoms with van der Waals surface area (Å²) in [4.78, 5) is 7.51. The lowest BCUT2D eigenvalue weighted by molar-refractivity contribution is 0.251. The third-order valence-electron chi connectivity index (χ3n) is 7.89. The molecule has 2 aromatic rings. The lowest BCUT2D eigenvalue weighted by Crippen LogP contribution is -2.39. The van der Waals surface area contributed by atoms with Gasteiger partial charge in [-0.15, -0.1) is 0 Å². The molecule has 0 saturated heterocycles. The molecule has 2 fully saturated rings. The summed E-state index contributed by atoms with van der Waals surface area (Å²) in [5.74, 6) is 0. The fraction of sp³-hybridized carbons (Fsp3) is 0.562. The third kappa shape index (κ3) is 9.84. The second-order valence-corrected chi connectivity index (χ2v) is 16.6. The van der Waals surface area contributed by atoms with Crippen molar-refractivity contribution in [2.24, 2.45) is 0 Å². The van der Waals surface area contributed by atoms with Crippen molar-refractivity contribution in [2.45, 2.75) is 113 Å². The minimum absolute atomic E-state index is 0.638. The molecule has 2 nitrogen and oxygen atoms in total. The quantitative estimate of drug-likeness (QED) is 0.173. The van der Waals surface area contributed by atoms with Gasteiger partial charge >= 0.3 is 0 Å². The van der Waals surface area contributed by atoms with Crippen LogP contribution in [0, 0.1) is 0 Å². The molecule has 2 saturated carbocycles. The van der Waals surface area contributed by atoms with Gasteiger partial charge in [-0.3, -0.25) is 0 Å². The van der Waals surface area contributed by atoms with Gasteiger partial charge in [-0.1, -0.05) is 123 Å². The Balaban J connectivity index is 1.27. The van der Waals surface area contributed by atoms with E-state index < -0.39 is 0 Å². The lowest BCUT2D eigenvalue weighted by atomic mass is 9.94. The molecule has 0 aromatic heterocycles. The van der Waals surface area contributed by atoms with Gasteiger partial charge in [0.15, 0.2) is 0 Å². The molecule has 0 radical (unpaired) electrons. The third-order valence-corrected chi connectivity index (χ3v) is 13.9. The molecule has 218 valence electrons. The van der Waals surface area contributed by atoms with E-state index >= 15 is 0 Å². The Morgan fingerprint density at radius 3 is 1.27 bits per heavy atom. The van der Waals surface area contributed by atoms with Crippen LogP contribution in [0.3, 0.4) is 0 Å². The Morgan fingerprint density at radius 1 is 0.600 bits per heavy atom. The summed E-state index contributed by atoms with van der Waals surface area (Å²) >= 11 is 11.8. The second kappa shape index (κ2) is 17.7. The molecule has 2 aromatic carbocycles. The summed E-state index contributed by atoms with van der Waals surface area (Å²) in [6, 6.07) is 19.1. The van der Waals surface area contributed by atoms with Crippen molar-refractivity contribution < 1.29 is 0 Å². The maximum absolute atomic E-state index is 5.89. The molecule has 0 unspecified atom stereocenters. The van der Waals surface area contributed by atoms with Crippen LogP contribution in [0.1, 0.15) is 90.9 Å².